The number of aromatic nitrogens is 1. The number of benzene rings is 1. The van der Waals surface area contributed by atoms with E-state index in [1.54, 1.807) is 29.7 Å². The van der Waals surface area contributed by atoms with Gasteiger partial charge in [-0.3, -0.25) is 4.99 Å². The molecule has 1 aromatic carbocycles. The van der Waals surface area contributed by atoms with E-state index in [-0.39, 0.29) is 11.9 Å². The minimum Gasteiger partial charge on any atom is -0.385 e. The summed E-state index contributed by atoms with van der Waals surface area (Å²) in [7, 11) is 0. The van der Waals surface area contributed by atoms with Crippen LogP contribution in [0, 0.1) is 5.82 Å². The van der Waals surface area contributed by atoms with Crippen LogP contribution < -0.4 is 5.73 Å². The molecule has 3 aromatic rings. The maximum atomic E-state index is 13.5. The van der Waals surface area contributed by atoms with E-state index in [9.17, 15) is 4.39 Å². The topological polar surface area (TPSA) is 63.6 Å². The molecule has 1 unspecified atom stereocenters. The Balaban J connectivity index is 1.77. The minimum atomic E-state index is -0.369. The summed E-state index contributed by atoms with van der Waals surface area (Å²) in [5.74, 6) is 1.25. The molecule has 2 aromatic heterocycles. The molecule has 3 heterocycles. The van der Waals surface area contributed by atoms with Gasteiger partial charge < -0.3 is 5.73 Å². The first-order chi connectivity index (χ1) is 13.2. The van der Waals surface area contributed by atoms with Crippen LogP contribution in [0.5, 0.6) is 0 Å². The van der Waals surface area contributed by atoms with Gasteiger partial charge in [-0.05, 0) is 66.1 Å². The lowest BCUT2D eigenvalue weighted by molar-refractivity contribution is 0.628. The molecule has 0 bridgehead atoms. The zero-order chi connectivity index (χ0) is 18.4. The van der Waals surface area contributed by atoms with Gasteiger partial charge in [0.25, 0.3) is 0 Å². The predicted octanol–water partition coefficient (Wildman–Crippen LogP) is 4.74. The summed E-state index contributed by atoms with van der Waals surface area (Å²) in [5, 5.41) is 2.00. The van der Waals surface area contributed by atoms with Crippen LogP contribution in [0.25, 0.3) is 0 Å². The summed E-state index contributed by atoms with van der Waals surface area (Å²) in [6, 6.07) is 12.1. The van der Waals surface area contributed by atoms with Crippen molar-refractivity contribution < 1.29 is 4.39 Å². The van der Waals surface area contributed by atoms with Gasteiger partial charge in [-0.2, -0.15) is 0 Å². The summed E-state index contributed by atoms with van der Waals surface area (Å²) in [4.78, 5) is 15.2. The quantitative estimate of drug-likeness (QED) is 0.717. The van der Waals surface area contributed by atoms with Gasteiger partial charge in [-0.15, -0.1) is 11.3 Å². The van der Waals surface area contributed by atoms with E-state index >= 15 is 0 Å². The zero-order valence-corrected chi connectivity index (χ0v) is 15.3. The number of halogens is 1. The van der Waals surface area contributed by atoms with E-state index in [0.717, 1.165) is 34.6 Å². The third-order valence-electron chi connectivity index (χ3n) is 4.92. The monoisotopic (exact) mass is 376 g/mol. The van der Waals surface area contributed by atoms with E-state index in [2.05, 4.69) is 9.98 Å². The molecule has 0 spiro atoms. The van der Waals surface area contributed by atoms with Crippen molar-refractivity contribution in [1.82, 2.24) is 4.98 Å². The Morgan fingerprint density at radius 3 is 2.59 bits per heavy atom. The molecule has 1 aliphatic carbocycles. The average molecular weight is 376 g/mol. The molecule has 2 N–H and O–H groups in total. The van der Waals surface area contributed by atoms with Gasteiger partial charge in [0.2, 0.25) is 0 Å². The van der Waals surface area contributed by atoms with Crippen LogP contribution in [0.2, 0.25) is 0 Å². The number of fused-ring (bicyclic) bond motifs is 1. The first-order valence-corrected chi connectivity index (χ1v) is 9.79. The van der Waals surface area contributed by atoms with Crippen molar-refractivity contribution in [2.24, 2.45) is 15.7 Å². The molecular weight excluding hydrogens is 359 g/mol. The molecule has 134 valence electrons. The molecule has 27 heavy (non-hydrogen) atoms. The fourth-order valence-electron chi connectivity index (χ4n) is 3.45. The van der Waals surface area contributed by atoms with Gasteiger partial charge in [0.05, 0.1) is 5.71 Å². The highest BCUT2D eigenvalue weighted by Gasteiger charge is 2.32. The second kappa shape index (κ2) is 6.39. The summed E-state index contributed by atoms with van der Waals surface area (Å²) in [6.45, 7) is 0. The van der Waals surface area contributed by atoms with E-state index in [1.807, 2.05) is 23.6 Å². The number of nitrogens with two attached hydrogens (primary N) is 1. The first-order valence-electron chi connectivity index (χ1n) is 8.91. The summed E-state index contributed by atoms with van der Waals surface area (Å²) >= 11 is 1.60. The normalized spacial score (nSPS) is 19.1. The molecule has 0 amide bonds. The fourth-order valence-corrected chi connectivity index (χ4v) is 4.23. The molecule has 1 saturated carbocycles. The Labute approximate surface area is 160 Å². The van der Waals surface area contributed by atoms with Crippen molar-refractivity contribution >= 4 is 28.7 Å². The molecule has 1 atom stereocenters. The summed E-state index contributed by atoms with van der Waals surface area (Å²) in [6.07, 6.45) is 4.10. The molecule has 6 heteroatoms. The van der Waals surface area contributed by atoms with Gasteiger partial charge in [-0.25, -0.2) is 14.4 Å². The number of amidine groups is 1. The van der Waals surface area contributed by atoms with Crippen molar-refractivity contribution in [3.8, 4) is 0 Å². The van der Waals surface area contributed by atoms with Crippen molar-refractivity contribution in [2.75, 3.05) is 0 Å². The summed E-state index contributed by atoms with van der Waals surface area (Å²) in [5.41, 5.74) is 10.1. The van der Waals surface area contributed by atoms with Crippen molar-refractivity contribution in [3.05, 3.63) is 81.4 Å². The third-order valence-corrected chi connectivity index (χ3v) is 5.85. The Kier molecular flexibility index (Phi) is 3.86. The lowest BCUT2D eigenvalue weighted by atomic mass is 9.95. The molecule has 0 saturated heterocycles. The van der Waals surface area contributed by atoms with E-state index in [4.69, 9.17) is 10.7 Å². The van der Waals surface area contributed by atoms with Crippen LogP contribution in [0.15, 0.2) is 64.0 Å². The third kappa shape index (κ3) is 2.96. The molecule has 0 radical (unpaired) electrons. The number of hydrogen-bond donors (Lipinski definition) is 1. The van der Waals surface area contributed by atoms with Crippen LogP contribution in [0.3, 0.4) is 0 Å². The van der Waals surface area contributed by atoms with Crippen molar-refractivity contribution in [3.63, 3.8) is 0 Å². The maximum Gasteiger partial charge on any atom is 0.163 e. The van der Waals surface area contributed by atoms with Crippen LogP contribution in [0.1, 0.15) is 46.4 Å². The SMILES string of the molecule is NC1=Nc2nccc(C3CC3)c2C(c2ccc(F)cc2)=NC1c1cccs1. The molecule has 1 aliphatic heterocycles. The standard InChI is InChI=1S/C21H17FN4S/c22-14-7-5-13(6-8-14)18-17-15(12-3-4-12)9-10-24-21(17)26-20(23)19(25-18)16-2-1-11-27-16/h1-2,5-12,19H,3-4H2,(H2,23,24,26). The number of thiophene rings is 1. The van der Waals surface area contributed by atoms with E-state index in [1.165, 1.54) is 17.7 Å². The van der Waals surface area contributed by atoms with Gasteiger partial charge >= 0.3 is 0 Å². The molecule has 2 aliphatic rings. The summed E-state index contributed by atoms with van der Waals surface area (Å²) < 4.78 is 13.5. The molecule has 4 nitrogen and oxygen atoms in total. The van der Waals surface area contributed by atoms with Crippen LogP contribution in [-0.4, -0.2) is 16.5 Å². The van der Waals surface area contributed by atoms with Gasteiger partial charge in [0.1, 0.15) is 17.7 Å². The highest BCUT2D eigenvalue weighted by atomic mass is 32.1. The minimum absolute atomic E-state index is 0.271. The Hall–Kier alpha value is -2.86. The zero-order valence-electron chi connectivity index (χ0n) is 14.5. The van der Waals surface area contributed by atoms with Crippen LogP contribution in [0.4, 0.5) is 10.2 Å². The van der Waals surface area contributed by atoms with Gasteiger partial charge in [0, 0.05) is 22.2 Å². The number of aliphatic imine (C=N–C) groups is 2. The smallest absolute Gasteiger partial charge is 0.163 e. The number of rotatable bonds is 3. The second-order valence-corrected chi connectivity index (χ2v) is 7.79. The fraction of sp³-hybridized carbons (Fsp3) is 0.190. The molecule has 1 fully saturated rings. The van der Waals surface area contributed by atoms with E-state index < -0.39 is 0 Å². The highest BCUT2D eigenvalue weighted by molar-refractivity contribution is 7.10. The molecule has 5 rings (SSSR count). The van der Waals surface area contributed by atoms with Crippen molar-refractivity contribution in [2.45, 2.75) is 24.8 Å². The van der Waals surface area contributed by atoms with Gasteiger partial charge in [-0.1, -0.05) is 6.07 Å². The predicted molar refractivity (Wildman–Crippen MR) is 107 cm³/mol. The van der Waals surface area contributed by atoms with Crippen LogP contribution in [-0.2, 0) is 0 Å². The van der Waals surface area contributed by atoms with E-state index in [0.29, 0.717) is 17.6 Å². The average Bonchev–Trinajstić information content (AvgIpc) is 3.41. The number of pyridine rings is 1. The Bertz CT molecular complexity index is 1050. The highest BCUT2D eigenvalue weighted by Crippen LogP contribution is 2.45. The van der Waals surface area contributed by atoms with Crippen LogP contribution >= 0.6 is 11.3 Å². The number of nitrogens with zero attached hydrogens (tertiary/aromatic N) is 3. The van der Waals surface area contributed by atoms with Crippen molar-refractivity contribution in [1.29, 1.82) is 0 Å². The Morgan fingerprint density at radius 2 is 1.89 bits per heavy atom. The lowest BCUT2D eigenvalue weighted by Gasteiger charge is -2.14. The lowest BCUT2D eigenvalue weighted by Crippen LogP contribution is -2.20. The molecular formula is C21H17FN4S. The second-order valence-electron chi connectivity index (χ2n) is 6.81. The first kappa shape index (κ1) is 16.3. The number of hydrogen-bond acceptors (Lipinski definition) is 5. The maximum absolute atomic E-state index is 13.5. The van der Waals surface area contributed by atoms with Gasteiger partial charge in [0.15, 0.2) is 5.82 Å². The largest absolute Gasteiger partial charge is 0.385 e. The Morgan fingerprint density at radius 1 is 1.07 bits per heavy atom.